The minimum absolute atomic E-state index is 0.124. The lowest BCUT2D eigenvalue weighted by atomic mass is 10.1. The SMILES string of the molecule is CC(=O)CCCCC(=O)NCCN1C(=O)C=CC1=O. The summed E-state index contributed by atoms with van der Waals surface area (Å²) in [4.78, 5) is 45.6. The molecule has 1 rings (SSSR count). The molecular weight excluding hydrogens is 248 g/mol. The van der Waals surface area contributed by atoms with Crippen molar-refractivity contribution in [3.05, 3.63) is 12.2 Å². The van der Waals surface area contributed by atoms with Gasteiger partial charge in [0.15, 0.2) is 0 Å². The normalized spacial score (nSPS) is 14.1. The highest BCUT2D eigenvalue weighted by molar-refractivity contribution is 6.12. The van der Waals surface area contributed by atoms with Crippen molar-refractivity contribution in [1.82, 2.24) is 10.2 Å². The Morgan fingerprint density at radius 2 is 1.68 bits per heavy atom. The Hall–Kier alpha value is -1.98. The second-order valence-corrected chi connectivity index (χ2v) is 4.42. The van der Waals surface area contributed by atoms with Gasteiger partial charge in [-0.25, -0.2) is 0 Å². The van der Waals surface area contributed by atoms with Crippen molar-refractivity contribution in [2.24, 2.45) is 0 Å². The first-order chi connectivity index (χ1) is 9.00. The van der Waals surface area contributed by atoms with Crippen molar-refractivity contribution < 1.29 is 19.2 Å². The van der Waals surface area contributed by atoms with Crippen LogP contribution in [0.15, 0.2) is 12.2 Å². The van der Waals surface area contributed by atoms with Crippen LogP contribution in [0.5, 0.6) is 0 Å². The van der Waals surface area contributed by atoms with E-state index in [0.717, 1.165) is 4.90 Å². The number of nitrogens with zero attached hydrogens (tertiary/aromatic N) is 1. The van der Waals surface area contributed by atoms with Gasteiger partial charge in [-0.1, -0.05) is 0 Å². The molecule has 19 heavy (non-hydrogen) atoms. The number of imide groups is 1. The van der Waals surface area contributed by atoms with Crippen LogP contribution in [0.2, 0.25) is 0 Å². The number of unbranched alkanes of at least 4 members (excludes halogenated alkanes) is 1. The lowest BCUT2D eigenvalue weighted by molar-refractivity contribution is -0.137. The van der Waals surface area contributed by atoms with Gasteiger partial charge < -0.3 is 10.1 Å². The molecule has 0 aromatic rings. The average Bonchev–Trinajstić information content (AvgIpc) is 2.66. The first-order valence-electron chi connectivity index (χ1n) is 6.30. The maximum atomic E-state index is 11.4. The van der Waals surface area contributed by atoms with E-state index in [1.165, 1.54) is 19.1 Å². The molecule has 0 saturated carbocycles. The molecule has 0 fully saturated rings. The summed E-state index contributed by atoms with van der Waals surface area (Å²) in [5.41, 5.74) is 0. The molecule has 0 unspecified atom stereocenters. The van der Waals surface area contributed by atoms with Crippen LogP contribution in [-0.4, -0.2) is 41.5 Å². The largest absolute Gasteiger partial charge is 0.354 e. The van der Waals surface area contributed by atoms with Gasteiger partial charge in [-0.05, 0) is 19.8 Å². The molecule has 1 aliphatic rings. The third-order valence-electron chi connectivity index (χ3n) is 2.74. The van der Waals surface area contributed by atoms with Gasteiger partial charge in [-0.15, -0.1) is 0 Å². The highest BCUT2D eigenvalue weighted by Crippen LogP contribution is 2.02. The highest BCUT2D eigenvalue weighted by Gasteiger charge is 2.22. The molecule has 0 saturated heterocycles. The van der Waals surface area contributed by atoms with Crippen molar-refractivity contribution >= 4 is 23.5 Å². The zero-order valence-corrected chi connectivity index (χ0v) is 11.0. The van der Waals surface area contributed by atoms with E-state index in [1.54, 1.807) is 0 Å². The van der Waals surface area contributed by atoms with Crippen LogP contribution in [0.3, 0.4) is 0 Å². The number of carbonyl (C=O) groups excluding carboxylic acids is 4. The Bertz CT molecular complexity index is 397. The molecule has 0 atom stereocenters. The monoisotopic (exact) mass is 266 g/mol. The molecule has 0 spiro atoms. The summed E-state index contributed by atoms with van der Waals surface area (Å²) in [6.45, 7) is 1.97. The summed E-state index contributed by atoms with van der Waals surface area (Å²) in [6, 6.07) is 0. The number of hydrogen-bond acceptors (Lipinski definition) is 4. The van der Waals surface area contributed by atoms with Crippen LogP contribution < -0.4 is 5.32 Å². The molecule has 6 heteroatoms. The second kappa shape index (κ2) is 7.45. The minimum Gasteiger partial charge on any atom is -0.354 e. The minimum atomic E-state index is -0.347. The molecule has 1 heterocycles. The molecule has 1 N–H and O–H groups in total. The molecule has 0 aromatic heterocycles. The second-order valence-electron chi connectivity index (χ2n) is 4.42. The predicted octanol–water partition coefficient (Wildman–Crippen LogP) is 0.177. The zero-order valence-electron chi connectivity index (χ0n) is 11.0. The molecule has 0 aliphatic carbocycles. The fourth-order valence-electron chi connectivity index (χ4n) is 1.71. The molecule has 1 aliphatic heterocycles. The third-order valence-corrected chi connectivity index (χ3v) is 2.74. The van der Waals surface area contributed by atoms with Crippen molar-refractivity contribution in [3.8, 4) is 0 Å². The van der Waals surface area contributed by atoms with Crippen molar-refractivity contribution in [2.45, 2.75) is 32.6 Å². The maximum absolute atomic E-state index is 11.4. The Morgan fingerprint density at radius 3 is 2.26 bits per heavy atom. The van der Waals surface area contributed by atoms with Gasteiger partial charge in [-0.3, -0.25) is 19.3 Å². The van der Waals surface area contributed by atoms with Gasteiger partial charge in [0.1, 0.15) is 5.78 Å². The zero-order chi connectivity index (χ0) is 14.3. The van der Waals surface area contributed by atoms with E-state index in [9.17, 15) is 19.2 Å². The Morgan fingerprint density at radius 1 is 1.11 bits per heavy atom. The van der Waals surface area contributed by atoms with Gasteiger partial charge in [0.25, 0.3) is 11.8 Å². The fraction of sp³-hybridized carbons (Fsp3) is 0.538. The van der Waals surface area contributed by atoms with Crippen LogP contribution >= 0.6 is 0 Å². The first kappa shape index (κ1) is 15.1. The highest BCUT2D eigenvalue weighted by atomic mass is 16.2. The van der Waals surface area contributed by atoms with Crippen LogP contribution in [0.25, 0.3) is 0 Å². The van der Waals surface area contributed by atoms with E-state index in [0.29, 0.717) is 25.7 Å². The summed E-state index contributed by atoms with van der Waals surface area (Å²) in [5.74, 6) is -0.698. The van der Waals surface area contributed by atoms with Gasteiger partial charge in [0.05, 0.1) is 0 Å². The Labute approximate surface area is 111 Å². The predicted molar refractivity (Wildman–Crippen MR) is 68.0 cm³/mol. The molecule has 104 valence electrons. The Balaban J connectivity index is 2.09. The number of carbonyl (C=O) groups is 4. The topological polar surface area (TPSA) is 83.6 Å². The lowest BCUT2D eigenvalue weighted by Gasteiger charge is -2.13. The number of ketones is 1. The number of Topliss-reactive ketones (excluding diaryl/α,β-unsaturated/α-hetero) is 1. The van der Waals surface area contributed by atoms with Crippen LogP contribution in [0, 0.1) is 0 Å². The molecule has 0 aromatic carbocycles. The van der Waals surface area contributed by atoms with E-state index in [4.69, 9.17) is 0 Å². The summed E-state index contributed by atoms with van der Waals surface area (Å²) >= 11 is 0. The first-order valence-corrected chi connectivity index (χ1v) is 6.30. The standard InChI is InChI=1S/C13H18N2O4/c1-10(16)4-2-3-5-11(17)14-8-9-15-12(18)6-7-13(15)19/h6-7H,2-5,8-9H2,1H3,(H,14,17). The lowest BCUT2D eigenvalue weighted by Crippen LogP contribution is -2.38. The number of hydrogen-bond donors (Lipinski definition) is 1. The van der Waals surface area contributed by atoms with E-state index in [1.807, 2.05) is 0 Å². The van der Waals surface area contributed by atoms with Gasteiger partial charge >= 0.3 is 0 Å². The molecule has 0 radical (unpaired) electrons. The van der Waals surface area contributed by atoms with Crippen LogP contribution in [0.4, 0.5) is 0 Å². The van der Waals surface area contributed by atoms with Gasteiger partial charge in [0, 0.05) is 38.1 Å². The van der Waals surface area contributed by atoms with Crippen molar-refractivity contribution in [3.63, 3.8) is 0 Å². The van der Waals surface area contributed by atoms with Crippen molar-refractivity contribution in [2.75, 3.05) is 13.1 Å². The van der Waals surface area contributed by atoms with E-state index >= 15 is 0 Å². The summed E-state index contributed by atoms with van der Waals surface area (Å²) < 4.78 is 0. The van der Waals surface area contributed by atoms with Gasteiger partial charge in [-0.2, -0.15) is 0 Å². The molecule has 3 amide bonds. The van der Waals surface area contributed by atoms with Crippen molar-refractivity contribution in [1.29, 1.82) is 0 Å². The quantitative estimate of drug-likeness (QED) is 0.501. The number of rotatable bonds is 8. The van der Waals surface area contributed by atoms with Crippen LogP contribution in [0.1, 0.15) is 32.6 Å². The van der Waals surface area contributed by atoms with E-state index in [-0.39, 0.29) is 36.6 Å². The maximum Gasteiger partial charge on any atom is 0.253 e. The smallest absolute Gasteiger partial charge is 0.253 e. The molecular formula is C13H18N2O4. The summed E-state index contributed by atoms with van der Waals surface area (Å²) in [6.07, 6.45) is 4.64. The average molecular weight is 266 g/mol. The third kappa shape index (κ3) is 5.46. The molecule has 6 nitrogen and oxygen atoms in total. The molecule has 0 bridgehead atoms. The van der Waals surface area contributed by atoms with Gasteiger partial charge in [0.2, 0.25) is 5.91 Å². The van der Waals surface area contributed by atoms with Crippen LogP contribution in [-0.2, 0) is 19.2 Å². The number of amides is 3. The summed E-state index contributed by atoms with van der Waals surface area (Å²) in [7, 11) is 0. The fourth-order valence-corrected chi connectivity index (χ4v) is 1.71. The summed E-state index contributed by atoms with van der Waals surface area (Å²) in [5, 5.41) is 2.64. The Kier molecular flexibility index (Phi) is 5.92. The van der Waals surface area contributed by atoms with E-state index < -0.39 is 0 Å². The van der Waals surface area contributed by atoms with E-state index in [2.05, 4.69) is 5.32 Å². The number of nitrogens with one attached hydrogen (secondary N) is 1.